The molecule has 1 heterocycles. The Morgan fingerprint density at radius 2 is 2.00 bits per heavy atom. The van der Waals surface area contributed by atoms with Gasteiger partial charge < -0.3 is 9.69 Å². The maximum absolute atomic E-state index is 12.1. The number of hydrogen-bond donors (Lipinski definition) is 0. The predicted molar refractivity (Wildman–Crippen MR) is 77.9 cm³/mol. The quantitative estimate of drug-likeness (QED) is 0.363. The van der Waals surface area contributed by atoms with E-state index in [0.717, 1.165) is 64.2 Å². The van der Waals surface area contributed by atoms with Gasteiger partial charge in [0, 0.05) is 25.4 Å². The molecule has 3 nitrogen and oxygen atoms in total. The van der Waals surface area contributed by atoms with Gasteiger partial charge in [0.1, 0.15) is 6.29 Å². The second-order valence-electron chi connectivity index (χ2n) is 5.37. The van der Waals surface area contributed by atoms with Gasteiger partial charge in [-0.3, -0.25) is 4.79 Å². The average molecular weight is 265 g/mol. The van der Waals surface area contributed by atoms with E-state index in [2.05, 4.69) is 6.58 Å². The van der Waals surface area contributed by atoms with Crippen molar-refractivity contribution in [2.75, 3.05) is 6.54 Å². The van der Waals surface area contributed by atoms with Crippen LogP contribution in [0.2, 0.25) is 0 Å². The summed E-state index contributed by atoms with van der Waals surface area (Å²) >= 11 is 0. The van der Waals surface area contributed by atoms with Crippen LogP contribution in [-0.4, -0.2) is 29.7 Å². The second-order valence-corrected chi connectivity index (χ2v) is 5.37. The molecule has 0 spiro atoms. The second kappa shape index (κ2) is 9.76. The monoisotopic (exact) mass is 265 g/mol. The maximum atomic E-state index is 12.1. The third kappa shape index (κ3) is 6.04. The molecule has 19 heavy (non-hydrogen) atoms. The van der Waals surface area contributed by atoms with Crippen LogP contribution < -0.4 is 0 Å². The molecule has 108 valence electrons. The highest BCUT2D eigenvalue weighted by Crippen LogP contribution is 2.20. The molecule has 0 bridgehead atoms. The summed E-state index contributed by atoms with van der Waals surface area (Å²) in [6, 6.07) is 0.264. The summed E-state index contributed by atoms with van der Waals surface area (Å²) in [5.41, 5.74) is 0. The molecule has 1 saturated heterocycles. The summed E-state index contributed by atoms with van der Waals surface area (Å²) in [4.78, 5) is 24.8. The normalized spacial score (nSPS) is 17.9. The van der Waals surface area contributed by atoms with Gasteiger partial charge in [0.2, 0.25) is 5.91 Å². The van der Waals surface area contributed by atoms with Crippen molar-refractivity contribution in [1.82, 2.24) is 4.90 Å². The molecular weight excluding hydrogens is 238 g/mol. The van der Waals surface area contributed by atoms with E-state index >= 15 is 0 Å². The number of rotatable bonds is 9. The SMILES string of the molecule is C=CCCCCC(CCC=O)N1CCCCCC1=O. The molecule has 1 fully saturated rings. The van der Waals surface area contributed by atoms with E-state index < -0.39 is 0 Å². The summed E-state index contributed by atoms with van der Waals surface area (Å²) in [5, 5.41) is 0. The molecule has 0 aliphatic carbocycles. The molecule has 1 rings (SSSR count). The number of hydrogen-bond acceptors (Lipinski definition) is 2. The fraction of sp³-hybridized carbons (Fsp3) is 0.750. The minimum absolute atomic E-state index is 0.264. The molecule has 0 N–H and O–H groups in total. The van der Waals surface area contributed by atoms with Gasteiger partial charge in [-0.15, -0.1) is 6.58 Å². The van der Waals surface area contributed by atoms with Crippen LogP contribution in [0.4, 0.5) is 0 Å². The van der Waals surface area contributed by atoms with Crippen molar-refractivity contribution < 1.29 is 9.59 Å². The van der Waals surface area contributed by atoms with Crippen LogP contribution in [0, 0.1) is 0 Å². The van der Waals surface area contributed by atoms with Gasteiger partial charge in [-0.1, -0.05) is 18.9 Å². The zero-order valence-electron chi connectivity index (χ0n) is 12.0. The fourth-order valence-corrected chi connectivity index (χ4v) is 2.77. The van der Waals surface area contributed by atoms with E-state index in [1.165, 1.54) is 0 Å². The first-order valence-corrected chi connectivity index (χ1v) is 7.63. The van der Waals surface area contributed by atoms with E-state index in [-0.39, 0.29) is 11.9 Å². The Morgan fingerprint density at radius 1 is 1.16 bits per heavy atom. The maximum Gasteiger partial charge on any atom is 0.222 e. The van der Waals surface area contributed by atoms with Crippen LogP contribution in [-0.2, 0) is 9.59 Å². The first kappa shape index (κ1) is 15.9. The van der Waals surface area contributed by atoms with Crippen LogP contribution in [0.25, 0.3) is 0 Å². The Balaban J connectivity index is 2.51. The van der Waals surface area contributed by atoms with Crippen molar-refractivity contribution in [3.8, 4) is 0 Å². The summed E-state index contributed by atoms with van der Waals surface area (Å²) in [6.07, 6.45) is 12.6. The number of carbonyl (C=O) groups is 2. The average Bonchev–Trinajstić information content (AvgIpc) is 2.63. The van der Waals surface area contributed by atoms with Gasteiger partial charge in [0.25, 0.3) is 0 Å². The lowest BCUT2D eigenvalue weighted by Gasteiger charge is -2.31. The van der Waals surface area contributed by atoms with E-state index in [0.29, 0.717) is 12.8 Å². The lowest BCUT2D eigenvalue weighted by Crippen LogP contribution is -2.40. The van der Waals surface area contributed by atoms with Gasteiger partial charge in [-0.25, -0.2) is 0 Å². The summed E-state index contributed by atoms with van der Waals surface area (Å²) in [6.45, 7) is 4.61. The van der Waals surface area contributed by atoms with Crippen LogP contribution in [0.1, 0.15) is 64.2 Å². The van der Waals surface area contributed by atoms with Gasteiger partial charge >= 0.3 is 0 Å². The lowest BCUT2D eigenvalue weighted by atomic mass is 10.0. The molecule has 0 radical (unpaired) electrons. The summed E-state index contributed by atoms with van der Waals surface area (Å²) < 4.78 is 0. The number of unbranched alkanes of at least 4 members (excludes halogenated alkanes) is 2. The number of allylic oxidation sites excluding steroid dienone is 1. The smallest absolute Gasteiger partial charge is 0.222 e. The molecule has 1 atom stereocenters. The van der Waals surface area contributed by atoms with Crippen molar-refractivity contribution >= 4 is 12.2 Å². The zero-order valence-corrected chi connectivity index (χ0v) is 12.0. The van der Waals surface area contributed by atoms with Crippen molar-refractivity contribution in [2.24, 2.45) is 0 Å². The molecule has 0 saturated carbocycles. The molecule has 1 unspecified atom stereocenters. The summed E-state index contributed by atoms with van der Waals surface area (Å²) in [5.74, 6) is 0.289. The van der Waals surface area contributed by atoms with Gasteiger partial charge in [-0.2, -0.15) is 0 Å². The third-order valence-electron chi connectivity index (χ3n) is 3.86. The Kier molecular flexibility index (Phi) is 8.19. The van der Waals surface area contributed by atoms with Crippen LogP contribution in [0.5, 0.6) is 0 Å². The number of amides is 1. The summed E-state index contributed by atoms with van der Waals surface area (Å²) in [7, 11) is 0. The van der Waals surface area contributed by atoms with Crippen molar-refractivity contribution in [3.05, 3.63) is 12.7 Å². The lowest BCUT2D eigenvalue weighted by molar-refractivity contribution is -0.133. The Bertz CT molecular complexity index is 288. The highest BCUT2D eigenvalue weighted by atomic mass is 16.2. The van der Waals surface area contributed by atoms with Gasteiger partial charge in [0.15, 0.2) is 0 Å². The molecule has 3 heteroatoms. The Hall–Kier alpha value is -1.12. The largest absolute Gasteiger partial charge is 0.340 e. The van der Waals surface area contributed by atoms with E-state index in [1.54, 1.807) is 0 Å². The highest BCUT2D eigenvalue weighted by Gasteiger charge is 2.24. The molecule has 1 amide bonds. The fourth-order valence-electron chi connectivity index (χ4n) is 2.77. The third-order valence-corrected chi connectivity index (χ3v) is 3.86. The van der Waals surface area contributed by atoms with E-state index in [4.69, 9.17) is 0 Å². The molecular formula is C16H27NO2. The number of aldehydes is 1. The molecule has 0 aromatic carbocycles. The van der Waals surface area contributed by atoms with Gasteiger partial charge in [0.05, 0.1) is 0 Å². The minimum Gasteiger partial charge on any atom is -0.340 e. The predicted octanol–water partition coefficient (Wildman–Crippen LogP) is 3.48. The first-order chi connectivity index (χ1) is 9.29. The topological polar surface area (TPSA) is 37.4 Å². The van der Waals surface area contributed by atoms with Gasteiger partial charge in [-0.05, 0) is 38.5 Å². The standard InChI is InChI=1S/C16H27NO2/c1-2-3-4-6-10-15(11-9-14-18)17-13-8-5-7-12-16(17)19/h2,14-15H,1,3-13H2. The number of likely N-dealkylation sites (tertiary alicyclic amines) is 1. The van der Waals surface area contributed by atoms with Crippen LogP contribution >= 0.6 is 0 Å². The van der Waals surface area contributed by atoms with E-state index in [1.807, 2.05) is 11.0 Å². The van der Waals surface area contributed by atoms with Crippen LogP contribution in [0.15, 0.2) is 12.7 Å². The number of nitrogens with zero attached hydrogens (tertiary/aromatic N) is 1. The van der Waals surface area contributed by atoms with Crippen molar-refractivity contribution in [3.63, 3.8) is 0 Å². The zero-order chi connectivity index (χ0) is 13.9. The minimum atomic E-state index is 0.264. The van der Waals surface area contributed by atoms with Crippen LogP contribution in [0.3, 0.4) is 0 Å². The Labute approximate surface area is 117 Å². The highest BCUT2D eigenvalue weighted by molar-refractivity contribution is 5.76. The number of carbonyl (C=O) groups excluding carboxylic acids is 2. The van der Waals surface area contributed by atoms with E-state index in [9.17, 15) is 9.59 Å². The molecule has 1 aliphatic rings. The van der Waals surface area contributed by atoms with Crippen molar-refractivity contribution in [2.45, 2.75) is 70.3 Å². The van der Waals surface area contributed by atoms with Crippen molar-refractivity contribution in [1.29, 1.82) is 0 Å². The molecule has 0 aromatic rings. The molecule has 0 aromatic heterocycles. The molecule has 1 aliphatic heterocycles. The Morgan fingerprint density at radius 3 is 2.74 bits per heavy atom. The first-order valence-electron chi connectivity index (χ1n) is 7.63.